The lowest BCUT2D eigenvalue weighted by molar-refractivity contribution is 0.0145. The zero-order chi connectivity index (χ0) is 13.8. The number of piperidine rings is 1. The molecule has 0 aromatic heterocycles. The summed E-state index contributed by atoms with van der Waals surface area (Å²) in [5, 5.41) is 13.5. The predicted octanol–water partition coefficient (Wildman–Crippen LogP) is 1.96. The van der Waals surface area contributed by atoms with Crippen LogP contribution in [-0.2, 0) is 0 Å². The molecule has 0 spiro atoms. The highest BCUT2D eigenvalue weighted by Crippen LogP contribution is 2.22. The summed E-state index contributed by atoms with van der Waals surface area (Å²) in [6, 6.07) is 0. The SMILES string of the molecule is CC(C)CNCC(C)(C)CN1CCC(C)C(O)C1. The minimum absolute atomic E-state index is 0.141. The third-order valence-electron chi connectivity index (χ3n) is 3.81. The maximum Gasteiger partial charge on any atom is 0.0693 e. The average Bonchev–Trinajstić information content (AvgIpc) is 2.22. The van der Waals surface area contributed by atoms with E-state index in [0.29, 0.717) is 11.8 Å². The first-order chi connectivity index (χ1) is 8.30. The molecule has 3 heteroatoms. The number of nitrogens with zero attached hydrogens (tertiary/aromatic N) is 1. The molecule has 0 bridgehead atoms. The standard InChI is InChI=1S/C15H32N2O/c1-12(2)8-16-10-15(4,5)11-17-7-6-13(3)14(18)9-17/h12-14,16,18H,6-11H2,1-5H3. The molecule has 1 rings (SSSR count). The van der Waals surface area contributed by atoms with Gasteiger partial charge < -0.3 is 15.3 Å². The molecule has 1 aliphatic rings. The van der Waals surface area contributed by atoms with Crippen LogP contribution < -0.4 is 5.32 Å². The van der Waals surface area contributed by atoms with Gasteiger partial charge in [-0.25, -0.2) is 0 Å². The third-order valence-corrected chi connectivity index (χ3v) is 3.81. The van der Waals surface area contributed by atoms with Gasteiger partial charge in [0.2, 0.25) is 0 Å². The Kier molecular flexibility index (Phi) is 6.09. The van der Waals surface area contributed by atoms with Crippen LogP contribution in [0.1, 0.15) is 41.0 Å². The van der Waals surface area contributed by atoms with E-state index in [4.69, 9.17) is 0 Å². The summed E-state index contributed by atoms with van der Waals surface area (Å²) in [5.41, 5.74) is 0.273. The summed E-state index contributed by atoms with van der Waals surface area (Å²) < 4.78 is 0. The summed E-state index contributed by atoms with van der Waals surface area (Å²) >= 11 is 0. The van der Waals surface area contributed by atoms with Gasteiger partial charge in [-0.05, 0) is 36.8 Å². The van der Waals surface area contributed by atoms with Crippen molar-refractivity contribution in [2.75, 3.05) is 32.7 Å². The molecule has 1 heterocycles. The Labute approximate surface area is 113 Å². The predicted molar refractivity (Wildman–Crippen MR) is 77.7 cm³/mol. The van der Waals surface area contributed by atoms with E-state index in [1.807, 2.05) is 0 Å². The van der Waals surface area contributed by atoms with Crippen molar-refractivity contribution < 1.29 is 5.11 Å². The fourth-order valence-electron chi connectivity index (χ4n) is 2.62. The minimum atomic E-state index is -0.141. The molecule has 1 saturated heterocycles. The van der Waals surface area contributed by atoms with Crippen LogP contribution in [0.15, 0.2) is 0 Å². The first-order valence-corrected chi connectivity index (χ1v) is 7.41. The summed E-state index contributed by atoms with van der Waals surface area (Å²) in [6.45, 7) is 16.4. The number of aliphatic hydroxyl groups excluding tert-OH is 1. The van der Waals surface area contributed by atoms with Crippen molar-refractivity contribution in [1.29, 1.82) is 0 Å². The highest BCUT2D eigenvalue weighted by molar-refractivity contribution is 4.82. The highest BCUT2D eigenvalue weighted by atomic mass is 16.3. The second-order valence-electron chi connectivity index (χ2n) is 7.26. The highest BCUT2D eigenvalue weighted by Gasteiger charge is 2.28. The topological polar surface area (TPSA) is 35.5 Å². The molecule has 108 valence electrons. The molecule has 0 aliphatic carbocycles. The van der Waals surface area contributed by atoms with Crippen molar-refractivity contribution in [3.8, 4) is 0 Å². The number of likely N-dealkylation sites (tertiary alicyclic amines) is 1. The summed E-state index contributed by atoms with van der Waals surface area (Å²) in [4.78, 5) is 2.42. The number of aliphatic hydroxyl groups is 1. The van der Waals surface area contributed by atoms with Gasteiger partial charge >= 0.3 is 0 Å². The largest absolute Gasteiger partial charge is 0.392 e. The molecule has 1 aliphatic heterocycles. The van der Waals surface area contributed by atoms with E-state index in [2.05, 4.69) is 44.8 Å². The Hall–Kier alpha value is -0.120. The molecule has 1 fully saturated rings. The van der Waals surface area contributed by atoms with E-state index < -0.39 is 0 Å². The van der Waals surface area contributed by atoms with Crippen LogP contribution >= 0.6 is 0 Å². The quantitative estimate of drug-likeness (QED) is 0.762. The third kappa shape index (κ3) is 5.68. The molecule has 2 unspecified atom stereocenters. The van der Waals surface area contributed by atoms with Crippen LogP contribution in [0.5, 0.6) is 0 Å². The summed E-state index contributed by atoms with van der Waals surface area (Å²) in [5.74, 6) is 1.17. The van der Waals surface area contributed by atoms with Crippen LogP contribution in [0.2, 0.25) is 0 Å². The van der Waals surface area contributed by atoms with Crippen LogP contribution in [-0.4, -0.2) is 48.8 Å². The van der Waals surface area contributed by atoms with Gasteiger partial charge in [-0.2, -0.15) is 0 Å². The van der Waals surface area contributed by atoms with Crippen LogP contribution in [0.4, 0.5) is 0 Å². The van der Waals surface area contributed by atoms with E-state index in [0.717, 1.165) is 39.1 Å². The Bertz CT molecular complexity index is 241. The van der Waals surface area contributed by atoms with Gasteiger partial charge in [-0.15, -0.1) is 0 Å². The van der Waals surface area contributed by atoms with Crippen LogP contribution in [0.25, 0.3) is 0 Å². The molecule has 3 nitrogen and oxygen atoms in total. The molecule has 0 aromatic carbocycles. The minimum Gasteiger partial charge on any atom is -0.392 e. The lowest BCUT2D eigenvalue weighted by Crippen LogP contribution is -2.48. The summed E-state index contributed by atoms with van der Waals surface area (Å²) in [7, 11) is 0. The average molecular weight is 256 g/mol. The number of nitrogens with one attached hydrogen (secondary N) is 1. The fraction of sp³-hybridized carbons (Fsp3) is 1.00. The first kappa shape index (κ1) is 15.9. The second kappa shape index (κ2) is 6.88. The van der Waals surface area contributed by atoms with Crippen molar-refractivity contribution in [2.24, 2.45) is 17.3 Å². The van der Waals surface area contributed by atoms with E-state index in [9.17, 15) is 5.11 Å². The Morgan fingerprint density at radius 2 is 2.06 bits per heavy atom. The first-order valence-electron chi connectivity index (χ1n) is 7.41. The van der Waals surface area contributed by atoms with Gasteiger partial charge in [0.1, 0.15) is 0 Å². The lowest BCUT2D eigenvalue weighted by Gasteiger charge is -2.39. The van der Waals surface area contributed by atoms with Crippen molar-refractivity contribution >= 4 is 0 Å². The second-order valence-corrected chi connectivity index (χ2v) is 7.26. The van der Waals surface area contributed by atoms with Gasteiger partial charge in [0, 0.05) is 19.6 Å². The van der Waals surface area contributed by atoms with Crippen molar-refractivity contribution in [2.45, 2.75) is 47.1 Å². The molecule has 0 saturated carbocycles. The Morgan fingerprint density at radius 3 is 2.61 bits per heavy atom. The van der Waals surface area contributed by atoms with Gasteiger partial charge in [0.05, 0.1) is 6.10 Å². The number of rotatable bonds is 6. The van der Waals surface area contributed by atoms with Gasteiger partial charge in [0.15, 0.2) is 0 Å². The van der Waals surface area contributed by atoms with Crippen molar-refractivity contribution in [3.05, 3.63) is 0 Å². The molecule has 2 atom stereocenters. The Morgan fingerprint density at radius 1 is 1.39 bits per heavy atom. The smallest absolute Gasteiger partial charge is 0.0693 e. The van der Waals surface area contributed by atoms with E-state index in [-0.39, 0.29) is 11.5 Å². The van der Waals surface area contributed by atoms with Crippen molar-refractivity contribution in [1.82, 2.24) is 10.2 Å². The molecular weight excluding hydrogens is 224 g/mol. The molecule has 18 heavy (non-hydrogen) atoms. The van der Waals surface area contributed by atoms with E-state index in [1.165, 1.54) is 0 Å². The molecule has 0 aromatic rings. The Balaban J connectivity index is 2.31. The fourth-order valence-corrected chi connectivity index (χ4v) is 2.62. The maximum atomic E-state index is 9.94. The number of hydrogen-bond donors (Lipinski definition) is 2. The monoisotopic (exact) mass is 256 g/mol. The number of hydrogen-bond acceptors (Lipinski definition) is 3. The van der Waals surface area contributed by atoms with Gasteiger partial charge in [0.25, 0.3) is 0 Å². The summed E-state index contributed by atoms with van der Waals surface area (Å²) in [6.07, 6.45) is 0.981. The zero-order valence-electron chi connectivity index (χ0n) is 12.9. The lowest BCUT2D eigenvalue weighted by atomic mass is 9.89. The zero-order valence-corrected chi connectivity index (χ0v) is 12.9. The molecule has 2 N–H and O–H groups in total. The van der Waals surface area contributed by atoms with Crippen LogP contribution in [0, 0.1) is 17.3 Å². The number of β-amino-alcohol motifs (C(OH)–C–C–N with tert-alkyl or cyclic N) is 1. The molecule has 0 amide bonds. The van der Waals surface area contributed by atoms with E-state index in [1.54, 1.807) is 0 Å². The normalized spacial score (nSPS) is 26.8. The molecular formula is C15H32N2O. The van der Waals surface area contributed by atoms with Gasteiger partial charge in [-0.1, -0.05) is 34.6 Å². The van der Waals surface area contributed by atoms with Gasteiger partial charge in [-0.3, -0.25) is 0 Å². The van der Waals surface area contributed by atoms with E-state index >= 15 is 0 Å². The molecule has 0 radical (unpaired) electrons. The van der Waals surface area contributed by atoms with Crippen LogP contribution in [0.3, 0.4) is 0 Å². The maximum absolute atomic E-state index is 9.94. The van der Waals surface area contributed by atoms with Crippen molar-refractivity contribution in [3.63, 3.8) is 0 Å².